The van der Waals surface area contributed by atoms with E-state index >= 15 is 0 Å². The fourth-order valence-electron chi connectivity index (χ4n) is 3.84. The van der Waals surface area contributed by atoms with Crippen LogP contribution in [0, 0.1) is 12.7 Å². The predicted molar refractivity (Wildman–Crippen MR) is 111 cm³/mol. The molecule has 4 rings (SSSR count). The van der Waals surface area contributed by atoms with E-state index in [9.17, 15) is 9.18 Å². The largest absolute Gasteiger partial charge is 0.354 e. The number of halogens is 1. The van der Waals surface area contributed by atoms with Gasteiger partial charge in [0.2, 0.25) is 0 Å². The van der Waals surface area contributed by atoms with Crippen LogP contribution >= 0.6 is 0 Å². The van der Waals surface area contributed by atoms with E-state index in [0.717, 1.165) is 43.6 Å². The quantitative estimate of drug-likeness (QED) is 0.784. The Morgan fingerprint density at radius 1 is 0.897 bits per heavy atom. The molecule has 1 amide bonds. The average Bonchev–Trinajstić information content (AvgIpc) is 2.74. The summed E-state index contributed by atoms with van der Waals surface area (Å²) >= 11 is 0. The first-order chi connectivity index (χ1) is 14.0. The fraction of sp³-hybridized carbons (Fsp3) is 0.476. The highest BCUT2D eigenvalue weighted by Gasteiger charge is 2.25. The SMILES string of the molecule is Cc1nc(N2CCN(C)CC2)cc(N2CCN(C(=O)c3ccccc3F)CC2)n1. The van der Waals surface area contributed by atoms with Crippen molar-refractivity contribution >= 4 is 17.5 Å². The molecule has 0 unspecified atom stereocenters. The van der Waals surface area contributed by atoms with E-state index in [1.54, 1.807) is 23.1 Å². The Labute approximate surface area is 170 Å². The van der Waals surface area contributed by atoms with Crippen LogP contribution in [0.5, 0.6) is 0 Å². The molecule has 0 bridgehead atoms. The molecule has 7 nitrogen and oxygen atoms in total. The minimum absolute atomic E-state index is 0.135. The van der Waals surface area contributed by atoms with Crippen LogP contribution in [0.4, 0.5) is 16.0 Å². The third-order valence-electron chi connectivity index (χ3n) is 5.63. The van der Waals surface area contributed by atoms with Gasteiger partial charge in [-0.2, -0.15) is 0 Å². The molecule has 0 spiro atoms. The number of benzene rings is 1. The second-order valence-electron chi connectivity index (χ2n) is 7.68. The number of rotatable bonds is 3. The van der Waals surface area contributed by atoms with Crippen molar-refractivity contribution in [3.8, 4) is 0 Å². The monoisotopic (exact) mass is 398 g/mol. The van der Waals surface area contributed by atoms with Gasteiger partial charge in [-0.05, 0) is 26.1 Å². The Kier molecular flexibility index (Phi) is 5.62. The Morgan fingerprint density at radius 2 is 1.45 bits per heavy atom. The van der Waals surface area contributed by atoms with E-state index in [1.807, 2.05) is 13.0 Å². The number of amides is 1. The maximum atomic E-state index is 13.9. The normalized spacial score (nSPS) is 18.2. The van der Waals surface area contributed by atoms with Gasteiger partial charge in [-0.3, -0.25) is 4.79 Å². The standard InChI is InChI=1S/C21H27FN6O/c1-16-23-19(26-9-7-25(2)8-10-26)15-20(24-16)27-11-13-28(14-12-27)21(29)17-5-3-4-6-18(17)22/h3-6,15H,7-14H2,1-2H3. The number of hydrogen-bond acceptors (Lipinski definition) is 6. The number of carbonyl (C=O) groups is 1. The minimum atomic E-state index is -0.469. The van der Waals surface area contributed by atoms with Gasteiger partial charge in [0.15, 0.2) is 0 Å². The van der Waals surface area contributed by atoms with Gasteiger partial charge in [0.25, 0.3) is 5.91 Å². The third-order valence-corrected chi connectivity index (χ3v) is 5.63. The Morgan fingerprint density at radius 3 is 2.03 bits per heavy atom. The molecule has 2 aliphatic rings. The van der Waals surface area contributed by atoms with Crippen molar-refractivity contribution in [3.63, 3.8) is 0 Å². The molecule has 2 aliphatic heterocycles. The molecule has 0 aliphatic carbocycles. The van der Waals surface area contributed by atoms with E-state index in [0.29, 0.717) is 26.2 Å². The van der Waals surface area contributed by atoms with Crippen molar-refractivity contribution in [1.82, 2.24) is 19.8 Å². The zero-order valence-corrected chi connectivity index (χ0v) is 17.0. The fourth-order valence-corrected chi connectivity index (χ4v) is 3.84. The first-order valence-corrected chi connectivity index (χ1v) is 10.1. The van der Waals surface area contributed by atoms with Crippen molar-refractivity contribution < 1.29 is 9.18 Å². The molecule has 2 saturated heterocycles. The highest BCUT2D eigenvalue weighted by molar-refractivity contribution is 5.94. The lowest BCUT2D eigenvalue weighted by Gasteiger charge is -2.37. The summed E-state index contributed by atoms with van der Waals surface area (Å²) in [5, 5.41) is 0. The second-order valence-corrected chi connectivity index (χ2v) is 7.68. The number of likely N-dealkylation sites (N-methyl/N-ethyl adjacent to an activating group) is 1. The van der Waals surface area contributed by atoms with Gasteiger partial charge in [-0.1, -0.05) is 12.1 Å². The van der Waals surface area contributed by atoms with E-state index in [4.69, 9.17) is 0 Å². The third kappa shape index (κ3) is 4.32. The van der Waals surface area contributed by atoms with Crippen LogP contribution in [0.15, 0.2) is 30.3 Å². The smallest absolute Gasteiger partial charge is 0.256 e. The topological polar surface area (TPSA) is 55.8 Å². The van der Waals surface area contributed by atoms with Crippen molar-refractivity contribution in [3.05, 3.63) is 47.5 Å². The number of hydrogen-bond donors (Lipinski definition) is 0. The van der Waals surface area contributed by atoms with Crippen molar-refractivity contribution in [1.29, 1.82) is 0 Å². The van der Waals surface area contributed by atoms with Gasteiger partial charge in [0.05, 0.1) is 5.56 Å². The molecule has 1 aromatic carbocycles. The van der Waals surface area contributed by atoms with Crippen LogP contribution in [0.3, 0.4) is 0 Å². The van der Waals surface area contributed by atoms with E-state index in [2.05, 4.69) is 31.7 Å². The van der Waals surface area contributed by atoms with Gasteiger partial charge in [-0.25, -0.2) is 14.4 Å². The number of carbonyl (C=O) groups excluding carboxylic acids is 1. The van der Waals surface area contributed by atoms with Crippen LogP contribution in [-0.2, 0) is 0 Å². The summed E-state index contributed by atoms with van der Waals surface area (Å²) in [4.78, 5) is 30.4. The molecule has 2 fully saturated rings. The van der Waals surface area contributed by atoms with Crippen molar-refractivity contribution in [2.24, 2.45) is 0 Å². The molecule has 8 heteroatoms. The molecule has 1 aromatic heterocycles. The summed E-state index contributed by atoms with van der Waals surface area (Å²) in [6, 6.07) is 8.20. The van der Waals surface area contributed by atoms with Crippen molar-refractivity contribution in [2.45, 2.75) is 6.92 Å². The number of anilines is 2. The minimum Gasteiger partial charge on any atom is -0.354 e. The van der Waals surface area contributed by atoms with Crippen LogP contribution in [0.25, 0.3) is 0 Å². The molecule has 29 heavy (non-hydrogen) atoms. The van der Waals surface area contributed by atoms with Crippen LogP contribution in [-0.4, -0.2) is 85.1 Å². The number of aryl methyl sites for hydroxylation is 1. The first kappa shape index (κ1) is 19.6. The zero-order chi connectivity index (χ0) is 20.4. The molecular formula is C21H27FN6O. The van der Waals surface area contributed by atoms with Crippen molar-refractivity contribution in [2.75, 3.05) is 69.2 Å². The summed E-state index contributed by atoms with van der Waals surface area (Å²) in [6.07, 6.45) is 0. The molecular weight excluding hydrogens is 371 g/mol. The average molecular weight is 398 g/mol. The first-order valence-electron chi connectivity index (χ1n) is 10.1. The molecule has 0 saturated carbocycles. The van der Waals surface area contributed by atoms with Gasteiger partial charge in [0.1, 0.15) is 23.3 Å². The summed E-state index contributed by atoms with van der Waals surface area (Å²) in [7, 11) is 2.14. The molecule has 154 valence electrons. The molecule has 3 heterocycles. The Bertz CT molecular complexity index is 875. The maximum absolute atomic E-state index is 13.9. The van der Waals surface area contributed by atoms with E-state index in [1.165, 1.54) is 6.07 Å². The highest BCUT2D eigenvalue weighted by atomic mass is 19.1. The van der Waals surface area contributed by atoms with Gasteiger partial charge in [0, 0.05) is 58.4 Å². The van der Waals surface area contributed by atoms with Crippen LogP contribution in [0.1, 0.15) is 16.2 Å². The van der Waals surface area contributed by atoms with E-state index < -0.39 is 5.82 Å². The summed E-state index contributed by atoms with van der Waals surface area (Å²) < 4.78 is 13.9. The Hall–Kier alpha value is -2.74. The van der Waals surface area contributed by atoms with Gasteiger partial charge < -0.3 is 19.6 Å². The second kappa shape index (κ2) is 8.32. The summed E-state index contributed by atoms with van der Waals surface area (Å²) in [6.45, 7) is 8.29. The Balaban J connectivity index is 1.43. The number of aromatic nitrogens is 2. The molecule has 0 radical (unpaired) electrons. The van der Waals surface area contributed by atoms with Crippen LogP contribution < -0.4 is 9.80 Å². The lowest BCUT2D eigenvalue weighted by molar-refractivity contribution is 0.0742. The van der Waals surface area contributed by atoms with Crippen LogP contribution in [0.2, 0.25) is 0 Å². The van der Waals surface area contributed by atoms with Gasteiger partial charge in [-0.15, -0.1) is 0 Å². The maximum Gasteiger partial charge on any atom is 0.256 e. The molecule has 0 N–H and O–H groups in total. The summed E-state index contributed by atoms with van der Waals surface area (Å²) in [5.41, 5.74) is 0.135. The lowest BCUT2D eigenvalue weighted by atomic mass is 10.1. The lowest BCUT2D eigenvalue weighted by Crippen LogP contribution is -2.49. The van der Waals surface area contributed by atoms with Gasteiger partial charge >= 0.3 is 0 Å². The highest BCUT2D eigenvalue weighted by Crippen LogP contribution is 2.22. The predicted octanol–water partition coefficient (Wildman–Crippen LogP) is 1.64. The number of piperazine rings is 2. The van der Waals surface area contributed by atoms with E-state index in [-0.39, 0.29) is 11.5 Å². The number of nitrogens with zero attached hydrogens (tertiary/aromatic N) is 6. The molecule has 0 atom stereocenters. The summed E-state index contributed by atoms with van der Waals surface area (Å²) in [5.74, 6) is 1.89. The molecule has 2 aromatic rings. The zero-order valence-electron chi connectivity index (χ0n) is 17.0.